The number of carbonyl (C=O) groups is 2. The third-order valence-electron chi connectivity index (χ3n) is 2.51. The summed E-state index contributed by atoms with van der Waals surface area (Å²) < 4.78 is 34.2. The first kappa shape index (κ1) is 17.6. The molecule has 0 aliphatic rings. The molecule has 8 heteroatoms. The molecule has 0 saturated carbocycles. The minimum absolute atomic E-state index is 0.0383. The van der Waals surface area contributed by atoms with Gasteiger partial charge in [-0.15, -0.1) is 6.58 Å². The van der Waals surface area contributed by atoms with E-state index in [9.17, 15) is 22.6 Å². The molecule has 0 bridgehead atoms. The molecule has 7 nitrogen and oxygen atoms in total. The molecule has 0 heterocycles. The Hall–Kier alpha value is -1.41. The van der Waals surface area contributed by atoms with Crippen LogP contribution in [-0.4, -0.2) is 41.4 Å². The molecule has 2 N–H and O–H groups in total. The van der Waals surface area contributed by atoms with Crippen molar-refractivity contribution >= 4 is 22.1 Å². The minimum atomic E-state index is -4.95. The lowest BCUT2D eigenvalue weighted by molar-refractivity contribution is -0.151. The molecule has 0 radical (unpaired) electrons. The SMILES string of the molecule is C=CCC(CC(=O)O)(C(=O)OCCCC)S(=O)(=O)O. The topological polar surface area (TPSA) is 118 Å². The van der Waals surface area contributed by atoms with Crippen molar-refractivity contribution in [3.8, 4) is 0 Å². The highest BCUT2D eigenvalue weighted by Crippen LogP contribution is 2.28. The maximum atomic E-state index is 11.8. The molecular formula is C11H18O7S. The fourth-order valence-electron chi connectivity index (χ4n) is 1.45. The van der Waals surface area contributed by atoms with Crippen LogP contribution in [0.25, 0.3) is 0 Å². The quantitative estimate of drug-likeness (QED) is 0.282. The van der Waals surface area contributed by atoms with Crippen LogP contribution in [0.2, 0.25) is 0 Å². The molecule has 1 unspecified atom stereocenters. The van der Waals surface area contributed by atoms with Gasteiger partial charge in [0.1, 0.15) is 0 Å². The third-order valence-corrected chi connectivity index (χ3v) is 3.97. The van der Waals surface area contributed by atoms with Gasteiger partial charge in [0.25, 0.3) is 10.1 Å². The molecule has 0 spiro atoms. The zero-order valence-electron chi connectivity index (χ0n) is 10.7. The van der Waals surface area contributed by atoms with Crippen molar-refractivity contribution in [1.82, 2.24) is 0 Å². The highest BCUT2D eigenvalue weighted by Gasteiger charge is 2.52. The van der Waals surface area contributed by atoms with Gasteiger partial charge in [0.2, 0.25) is 4.75 Å². The molecule has 0 aromatic heterocycles. The summed E-state index contributed by atoms with van der Waals surface area (Å²) in [5.74, 6) is -2.81. The first-order valence-corrected chi connectivity index (χ1v) is 7.12. The Morgan fingerprint density at radius 1 is 1.42 bits per heavy atom. The number of carbonyl (C=O) groups excluding carboxylic acids is 1. The van der Waals surface area contributed by atoms with Crippen LogP contribution in [0.3, 0.4) is 0 Å². The molecule has 0 rings (SSSR count). The van der Waals surface area contributed by atoms with Crippen LogP contribution < -0.4 is 0 Å². The van der Waals surface area contributed by atoms with Crippen LogP contribution in [0.1, 0.15) is 32.6 Å². The number of hydrogen-bond donors (Lipinski definition) is 2. The number of unbranched alkanes of at least 4 members (excludes halogenated alkanes) is 1. The first-order chi connectivity index (χ1) is 8.71. The summed E-state index contributed by atoms with van der Waals surface area (Å²) in [6.07, 6.45) is 0.657. The number of hydrogen-bond acceptors (Lipinski definition) is 5. The Kier molecular flexibility index (Phi) is 6.71. The first-order valence-electron chi connectivity index (χ1n) is 5.68. The van der Waals surface area contributed by atoms with E-state index in [-0.39, 0.29) is 6.61 Å². The molecule has 0 aliphatic heterocycles. The van der Waals surface area contributed by atoms with Gasteiger partial charge in [0.05, 0.1) is 13.0 Å². The highest BCUT2D eigenvalue weighted by atomic mass is 32.2. The number of rotatable bonds is 9. The van der Waals surface area contributed by atoms with E-state index in [1.165, 1.54) is 0 Å². The molecule has 19 heavy (non-hydrogen) atoms. The number of carboxylic acid groups (broad SMARTS) is 1. The molecule has 0 aliphatic carbocycles. The highest BCUT2D eigenvalue weighted by molar-refractivity contribution is 7.88. The Balaban J connectivity index is 5.38. The monoisotopic (exact) mass is 294 g/mol. The molecule has 0 amide bonds. The zero-order valence-corrected chi connectivity index (χ0v) is 11.5. The van der Waals surface area contributed by atoms with Crippen molar-refractivity contribution in [3.05, 3.63) is 12.7 Å². The Labute approximate surface area is 112 Å². The average molecular weight is 294 g/mol. The van der Waals surface area contributed by atoms with Gasteiger partial charge >= 0.3 is 11.9 Å². The van der Waals surface area contributed by atoms with Crippen LogP contribution in [0.15, 0.2) is 12.7 Å². The lowest BCUT2D eigenvalue weighted by Gasteiger charge is -2.25. The van der Waals surface area contributed by atoms with Gasteiger partial charge in [-0.25, -0.2) is 0 Å². The summed E-state index contributed by atoms with van der Waals surface area (Å²) in [7, 11) is -4.95. The molecule has 1 atom stereocenters. The summed E-state index contributed by atoms with van der Waals surface area (Å²) in [6, 6.07) is 0. The second-order valence-corrected chi connectivity index (χ2v) is 5.75. The molecular weight excluding hydrogens is 276 g/mol. The smallest absolute Gasteiger partial charge is 0.330 e. The number of ether oxygens (including phenoxy) is 1. The summed E-state index contributed by atoms with van der Waals surface area (Å²) in [5.41, 5.74) is 0. The van der Waals surface area contributed by atoms with E-state index in [0.29, 0.717) is 12.8 Å². The van der Waals surface area contributed by atoms with Gasteiger partial charge in [0.15, 0.2) is 0 Å². The molecule has 0 saturated heterocycles. The van der Waals surface area contributed by atoms with E-state index >= 15 is 0 Å². The van der Waals surface area contributed by atoms with Crippen LogP contribution in [0.4, 0.5) is 0 Å². The molecule has 0 aromatic carbocycles. The third kappa shape index (κ3) is 4.64. The number of esters is 1. The van der Waals surface area contributed by atoms with Gasteiger partial charge < -0.3 is 9.84 Å². The van der Waals surface area contributed by atoms with E-state index in [1.807, 2.05) is 6.92 Å². The van der Waals surface area contributed by atoms with Gasteiger partial charge in [-0.3, -0.25) is 14.1 Å². The van der Waals surface area contributed by atoms with Crippen molar-refractivity contribution < 1.29 is 32.4 Å². The Morgan fingerprint density at radius 3 is 2.37 bits per heavy atom. The summed E-state index contributed by atoms with van der Waals surface area (Å²) >= 11 is 0. The van der Waals surface area contributed by atoms with Crippen molar-refractivity contribution in [1.29, 1.82) is 0 Å². The maximum Gasteiger partial charge on any atom is 0.330 e. The van der Waals surface area contributed by atoms with Crippen LogP contribution in [0.5, 0.6) is 0 Å². The van der Waals surface area contributed by atoms with Gasteiger partial charge in [-0.05, 0) is 12.8 Å². The van der Waals surface area contributed by atoms with Crippen LogP contribution in [-0.2, 0) is 24.4 Å². The van der Waals surface area contributed by atoms with Crippen molar-refractivity contribution in [2.24, 2.45) is 0 Å². The summed E-state index contributed by atoms with van der Waals surface area (Å²) in [4.78, 5) is 22.6. The zero-order chi connectivity index (χ0) is 15.1. The number of allylic oxidation sites excluding steroid dienone is 1. The fourth-order valence-corrected chi connectivity index (χ4v) is 2.35. The van der Waals surface area contributed by atoms with E-state index < -0.39 is 39.6 Å². The van der Waals surface area contributed by atoms with Crippen LogP contribution in [0, 0.1) is 0 Å². The average Bonchev–Trinajstić information content (AvgIpc) is 2.26. The number of carboxylic acids is 1. The Morgan fingerprint density at radius 2 is 2.00 bits per heavy atom. The van der Waals surface area contributed by atoms with E-state index in [0.717, 1.165) is 6.08 Å². The largest absolute Gasteiger partial charge is 0.481 e. The lowest BCUT2D eigenvalue weighted by Crippen LogP contribution is -2.48. The summed E-state index contributed by atoms with van der Waals surface area (Å²) in [5, 5.41) is 8.74. The standard InChI is InChI=1S/C11H18O7S/c1-3-5-7-18-10(14)11(6-4-2,8-9(12)13)19(15,16)17/h4H,2-3,5-8H2,1H3,(H,12,13)(H,15,16,17). The van der Waals surface area contributed by atoms with Gasteiger partial charge in [-0.2, -0.15) is 8.42 Å². The molecule has 0 aromatic rings. The minimum Gasteiger partial charge on any atom is -0.481 e. The van der Waals surface area contributed by atoms with E-state index in [4.69, 9.17) is 9.84 Å². The molecule has 0 fully saturated rings. The number of aliphatic carboxylic acids is 1. The predicted molar refractivity (Wildman–Crippen MR) is 67.2 cm³/mol. The second-order valence-electron chi connectivity index (χ2n) is 4.02. The van der Waals surface area contributed by atoms with Crippen molar-refractivity contribution in [2.75, 3.05) is 6.61 Å². The van der Waals surface area contributed by atoms with E-state index in [2.05, 4.69) is 6.58 Å². The van der Waals surface area contributed by atoms with Crippen LogP contribution >= 0.6 is 0 Å². The van der Waals surface area contributed by atoms with Gasteiger partial charge in [0, 0.05) is 0 Å². The normalized spacial score (nSPS) is 14.4. The second kappa shape index (κ2) is 7.25. The predicted octanol–water partition coefficient (Wildman–Crippen LogP) is 1.01. The van der Waals surface area contributed by atoms with E-state index in [1.54, 1.807) is 0 Å². The Bertz CT molecular complexity index is 440. The maximum absolute atomic E-state index is 11.8. The fraction of sp³-hybridized carbons (Fsp3) is 0.636. The lowest BCUT2D eigenvalue weighted by atomic mass is 10.0. The van der Waals surface area contributed by atoms with Crippen molar-refractivity contribution in [3.63, 3.8) is 0 Å². The molecule has 110 valence electrons. The van der Waals surface area contributed by atoms with Gasteiger partial charge in [-0.1, -0.05) is 19.4 Å². The summed E-state index contributed by atoms with van der Waals surface area (Å²) in [6.45, 7) is 5.07. The van der Waals surface area contributed by atoms with Crippen molar-refractivity contribution in [2.45, 2.75) is 37.4 Å².